The number of allylic oxidation sites excluding steroid dienone is 5. The molecule has 2 aromatic heterocycles. The highest BCUT2D eigenvalue weighted by Crippen LogP contribution is 2.63. The Morgan fingerprint density at radius 1 is 0.540 bits per heavy atom. The van der Waals surface area contributed by atoms with Crippen molar-refractivity contribution in [1.82, 2.24) is 4.57 Å². The largest absolute Gasteiger partial charge is 0.457 e. The predicted octanol–water partition coefficient (Wildman–Crippen LogP) is 11.9. The molecular formula is C47H29NO2. The number of fused-ring (bicyclic) bond motifs is 17. The third-order valence-electron chi connectivity index (χ3n) is 11.6. The van der Waals surface area contributed by atoms with E-state index in [1.54, 1.807) is 0 Å². The van der Waals surface area contributed by atoms with Gasteiger partial charge in [0.25, 0.3) is 0 Å². The van der Waals surface area contributed by atoms with Gasteiger partial charge in [-0.25, -0.2) is 0 Å². The second-order valence-corrected chi connectivity index (χ2v) is 13.9. The summed E-state index contributed by atoms with van der Waals surface area (Å²) < 4.78 is 15.7. The molecule has 1 spiro atoms. The van der Waals surface area contributed by atoms with Gasteiger partial charge in [-0.3, -0.25) is 0 Å². The second kappa shape index (κ2) is 9.43. The van der Waals surface area contributed by atoms with Gasteiger partial charge in [-0.2, -0.15) is 0 Å². The molecule has 2 atom stereocenters. The maximum atomic E-state index is 6.98. The summed E-state index contributed by atoms with van der Waals surface area (Å²) in [6.07, 6.45) is 13.8. The summed E-state index contributed by atoms with van der Waals surface area (Å²) in [6.45, 7) is 0. The minimum Gasteiger partial charge on any atom is -0.457 e. The number of benzene rings is 6. The van der Waals surface area contributed by atoms with Gasteiger partial charge in [0.2, 0.25) is 0 Å². The lowest BCUT2D eigenvalue weighted by Gasteiger charge is -2.39. The molecule has 0 bridgehead atoms. The number of hydrogen-bond donors (Lipinski definition) is 0. The van der Waals surface area contributed by atoms with Gasteiger partial charge < -0.3 is 13.7 Å². The number of furan rings is 1. The maximum absolute atomic E-state index is 6.98. The van der Waals surface area contributed by atoms with Gasteiger partial charge in [0.1, 0.15) is 22.7 Å². The Labute approximate surface area is 288 Å². The predicted molar refractivity (Wildman–Crippen MR) is 201 cm³/mol. The van der Waals surface area contributed by atoms with Crippen LogP contribution in [0.3, 0.4) is 0 Å². The molecule has 3 aliphatic carbocycles. The van der Waals surface area contributed by atoms with Crippen LogP contribution >= 0.6 is 0 Å². The van der Waals surface area contributed by atoms with Crippen LogP contribution in [0.15, 0.2) is 162 Å². The molecule has 3 heterocycles. The van der Waals surface area contributed by atoms with E-state index in [0.29, 0.717) is 5.92 Å². The molecule has 0 amide bonds. The Morgan fingerprint density at radius 3 is 2.12 bits per heavy atom. The summed E-state index contributed by atoms with van der Waals surface area (Å²) in [5.74, 6) is 2.34. The fraction of sp³-hybridized carbons (Fsp3) is 0.0638. The number of hydrogen-bond acceptors (Lipinski definition) is 2. The van der Waals surface area contributed by atoms with Crippen molar-refractivity contribution in [3.63, 3.8) is 0 Å². The monoisotopic (exact) mass is 639 g/mol. The summed E-state index contributed by atoms with van der Waals surface area (Å²) in [6, 6.07) is 46.2. The lowest BCUT2D eigenvalue weighted by atomic mass is 9.65. The van der Waals surface area contributed by atoms with Crippen LogP contribution in [0.4, 0.5) is 0 Å². The van der Waals surface area contributed by atoms with E-state index in [-0.39, 0.29) is 5.92 Å². The fourth-order valence-corrected chi connectivity index (χ4v) is 9.62. The normalized spacial score (nSPS) is 18.5. The molecule has 0 fully saturated rings. The van der Waals surface area contributed by atoms with E-state index >= 15 is 0 Å². The Bertz CT molecular complexity index is 2830. The summed E-state index contributed by atoms with van der Waals surface area (Å²) in [5, 5.41) is 3.51. The molecule has 234 valence electrons. The third-order valence-corrected chi connectivity index (χ3v) is 11.6. The van der Waals surface area contributed by atoms with Gasteiger partial charge >= 0.3 is 0 Å². The minimum absolute atomic E-state index is 0.233. The first-order valence-electron chi connectivity index (χ1n) is 17.4. The van der Waals surface area contributed by atoms with Crippen LogP contribution in [0.5, 0.6) is 11.5 Å². The van der Waals surface area contributed by atoms with E-state index in [0.717, 1.165) is 44.6 Å². The molecule has 50 heavy (non-hydrogen) atoms. The number of rotatable bonds is 1. The average molecular weight is 640 g/mol. The van der Waals surface area contributed by atoms with Crippen molar-refractivity contribution in [2.24, 2.45) is 5.92 Å². The van der Waals surface area contributed by atoms with E-state index in [2.05, 4.69) is 156 Å². The van der Waals surface area contributed by atoms with E-state index in [1.165, 1.54) is 50.0 Å². The van der Waals surface area contributed by atoms with E-state index in [9.17, 15) is 0 Å². The summed E-state index contributed by atoms with van der Waals surface area (Å²) in [4.78, 5) is 0. The summed E-state index contributed by atoms with van der Waals surface area (Å²) >= 11 is 0. The van der Waals surface area contributed by atoms with Gasteiger partial charge in [0.05, 0.1) is 16.6 Å². The zero-order valence-corrected chi connectivity index (χ0v) is 27.0. The Balaban J connectivity index is 1.22. The molecule has 0 radical (unpaired) electrons. The Hall–Kier alpha value is -6.32. The molecule has 8 aromatic rings. The van der Waals surface area contributed by atoms with E-state index < -0.39 is 5.41 Å². The first-order valence-corrected chi connectivity index (χ1v) is 17.4. The number of ether oxygens (including phenoxy) is 1. The lowest BCUT2D eigenvalue weighted by molar-refractivity contribution is 0.437. The zero-order chi connectivity index (χ0) is 32.6. The average Bonchev–Trinajstić information content (AvgIpc) is 3.80. The third kappa shape index (κ3) is 3.21. The van der Waals surface area contributed by atoms with Crippen molar-refractivity contribution in [2.75, 3.05) is 0 Å². The first kappa shape index (κ1) is 26.6. The smallest absolute Gasteiger partial charge is 0.135 e. The zero-order valence-electron chi connectivity index (χ0n) is 27.0. The molecule has 3 heteroatoms. The van der Waals surface area contributed by atoms with Gasteiger partial charge in [-0.15, -0.1) is 0 Å². The first-order chi connectivity index (χ1) is 24.8. The number of nitrogens with zero attached hydrogens (tertiary/aromatic N) is 1. The quantitative estimate of drug-likeness (QED) is 0.179. The van der Waals surface area contributed by atoms with Crippen LogP contribution in [0.2, 0.25) is 0 Å². The standard InChI is InChI=1S/C47H29NO2/c1-2-12-30-28(11-1)21-23-40-46(30)35-26-39-45(27-41(35)48(40)29-22-24-43-34(25-29)33-15-5-9-19-42(33)49-43)50-44-20-10-8-18-38(44)47(39)36-16-6-3-13-31(36)32-14-4-7-17-37(32)47/h1-28,30H. The van der Waals surface area contributed by atoms with Gasteiger partial charge in [-0.1, -0.05) is 115 Å². The molecular weight excluding hydrogens is 611 g/mol. The Kier molecular flexibility index (Phi) is 5.02. The van der Waals surface area contributed by atoms with Crippen molar-refractivity contribution in [3.8, 4) is 28.3 Å². The van der Waals surface area contributed by atoms with Crippen LogP contribution in [-0.4, -0.2) is 4.57 Å². The van der Waals surface area contributed by atoms with Gasteiger partial charge in [0.15, 0.2) is 0 Å². The number of aromatic nitrogens is 1. The van der Waals surface area contributed by atoms with Crippen LogP contribution < -0.4 is 4.74 Å². The van der Waals surface area contributed by atoms with Crippen molar-refractivity contribution >= 4 is 38.9 Å². The van der Waals surface area contributed by atoms with Crippen molar-refractivity contribution in [2.45, 2.75) is 11.3 Å². The Morgan fingerprint density at radius 2 is 1.26 bits per heavy atom. The molecule has 4 aliphatic rings. The SMILES string of the molecule is C1=CC2C=Cc3c(c4cc5c(cc4n3-c3ccc4oc6ccccc6c4c3)Oc3ccccc3C53c4ccccc4-c4ccccc43)C2C=C1. The van der Waals surface area contributed by atoms with E-state index in [1.807, 2.05) is 12.1 Å². The van der Waals surface area contributed by atoms with Gasteiger partial charge in [0, 0.05) is 50.9 Å². The highest BCUT2D eigenvalue weighted by atomic mass is 16.5. The minimum atomic E-state index is -0.513. The van der Waals surface area contributed by atoms with Crippen molar-refractivity contribution in [1.29, 1.82) is 0 Å². The van der Waals surface area contributed by atoms with Crippen LogP contribution in [0, 0.1) is 5.92 Å². The molecule has 0 N–H and O–H groups in total. The van der Waals surface area contributed by atoms with Crippen molar-refractivity contribution in [3.05, 3.63) is 191 Å². The highest BCUT2D eigenvalue weighted by molar-refractivity contribution is 6.06. The highest BCUT2D eigenvalue weighted by Gasteiger charge is 2.51. The molecule has 6 aromatic carbocycles. The maximum Gasteiger partial charge on any atom is 0.135 e. The number of para-hydroxylation sites is 2. The second-order valence-electron chi connectivity index (χ2n) is 13.9. The fourth-order valence-electron chi connectivity index (χ4n) is 9.62. The molecule has 12 rings (SSSR count). The van der Waals surface area contributed by atoms with Gasteiger partial charge in [-0.05, 0) is 70.3 Å². The topological polar surface area (TPSA) is 27.3 Å². The van der Waals surface area contributed by atoms with Crippen molar-refractivity contribution < 1.29 is 9.15 Å². The van der Waals surface area contributed by atoms with E-state index in [4.69, 9.17) is 9.15 Å². The van der Waals surface area contributed by atoms with Crippen LogP contribution in [0.1, 0.15) is 39.4 Å². The van der Waals surface area contributed by atoms with Crippen LogP contribution in [0.25, 0.3) is 55.7 Å². The molecule has 2 unspecified atom stereocenters. The molecule has 3 nitrogen and oxygen atoms in total. The van der Waals surface area contributed by atoms with Crippen LogP contribution in [-0.2, 0) is 5.41 Å². The molecule has 1 aliphatic heterocycles. The molecule has 0 saturated carbocycles. The molecule has 0 saturated heterocycles. The lowest BCUT2D eigenvalue weighted by Crippen LogP contribution is -2.32. The summed E-state index contributed by atoms with van der Waals surface area (Å²) in [5.41, 5.74) is 13.7. The summed E-state index contributed by atoms with van der Waals surface area (Å²) in [7, 11) is 0.